The van der Waals surface area contributed by atoms with Crippen molar-refractivity contribution in [3.63, 3.8) is 0 Å². The summed E-state index contributed by atoms with van der Waals surface area (Å²) >= 11 is 0. The van der Waals surface area contributed by atoms with Gasteiger partial charge in [0.15, 0.2) is 11.4 Å². The smallest absolute Gasteiger partial charge is 0.294 e. The number of carbonyl (C=O) groups is 1. The average Bonchev–Trinajstić information content (AvgIpc) is 2.81. The molecule has 2 heterocycles. The number of allylic oxidation sites excluding steroid dienone is 2. The Morgan fingerprint density at radius 3 is 2.70 bits per heavy atom. The van der Waals surface area contributed by atoms with Crippen LogP contribution < -0.4 is 0 Å². The van der Waals surface area contributed by atoms with E-state index in [0.29, 0.717) is 60.1 Å². The third kappa shape index (κ3) is 5.49. The van der Waals surface area contributed by atoms with Gasteiger partial charge in [-0.25, -0.2) is 9.97 Å². The molecule has 0 unspecified atom stereocenters. The van der Waals surface area contributed by atoms with Crippen LogP contribution in [0.3, 0.4) is 0 Å². The van der Waals surface area contributed by atoms with Crippen LogP contribution in [0, 0.1) is 6.92 Å². The molecule has 1 aliphatic carbocycles. The van der Waals surface area contributed by atoms with Gasteiger partial charge in [-0.15, -0.1) is 0 Å². The third-order valence-electron chi connectivity index (χ3n) is 6.23. The number of halogens is 3. The van der Waals surface area contributed by atoms with E-state index in [2.05, 4.69) is 9.97 Å². The Balaban J connectivity index is 1.40. The predicted octanol–water partition coefficient (Wildman–Crippen LogP) is 7.51. The van der Waals surface area contributed by atoms with Crippen molar-refractivity contribution in [1.29, 1.82) is 0 Å². The predicted molar refractivity (Wildman–Crippen MR) is 124 cm³/mol. The number of ketones is 1. The molecule has 0 bridgehead atoms. The molecule has 172 valence electrons. The number of aryl methyl sites for hydroxylation is 2. The Morgan fingerprint density at radius 2 is 1.94 bits per heavy atom. The summed E-state index contributed by atoms with van der Waals surface area (Å²) in [6, 6.07) is 10.2. The summed E-state index contributed by atoms with van der Waals surface area (Å²) in [5, 5.41) is 0.819. The number of aromatic nitrogens is 2. The van der Waals surface area contributed by atoms with E-state index >= 15 is 0 Å². The first-order valence-electron chi connectivity index (χ1n) is 11.5. The molecule has 0 atom stereocenters. The summed E-state index contributed by atoms with van der Waals surface area (Å²) in [6.07, 6.45) is 4.83. The molecular weight excluding hydrogens is 425 g/mol. The van der Waals surface area contributed by atoms with Crippen LogP contribution >= 0.6 is 0 Å². The second kappa shape index (κ2) is 9.86. The normalized spacial score (nSPS) is 14.4. The maximum absolute atomic E-state index is 13.7. The zero-order chi connectivity index (χ0) is 23.4. The lowest BCUT2D eigenvalue weighted by atomic mass is 9.89. The van der Waals surface area contributed by atoms with Crippen molar-refractivity contribution in [3.8, 4) is 0 Å². The summed E-state index contributed by atoms with van der Waals surface area (Å²) in [5.41, 5.74) is 3.07. The molecule has 0 radical (unpaired) electrons. The minimum Gasteiger partial charge on any atom is -0.294 e. The van der Waals surface area contributed by atoms with Gasteiger partial charge >= 0.3 is 6.18 Å². The number of nitrogens with zero attached hydrogens (tertiary/aromatic N) is 2. The van der Waals surface area contributed by atoms with E-state index in [1.54, 1.807) is 31.3 Å². The van der Waals surface area contributed by atoms with Gasteiger partial charge in [0.05, 0.1) is 11.3 Å². The Morgan fingerprint density at radius 1 is 1.09 bits per heavy atom. The molecular formula is C27H27F3N2O. The second-order valence-corrected chi connectivity index (χ2v) is 8.65. The monoisotopic (exact) mass is 452 g/mol. The molecule has 3 aromatic rings. The van der Waals surface area contributed by atoms with Crippen LogP contribution in [0.2, 0.25) is 0 Å². The van der Waals surface area contributed by atoms with E-state index in [4.69, 9.17) is 0 Å². The number of alkyl halides is 3. The number of Topliss-reactive ketones (excluding diaryl/α,β-unsaturated/α-hetero) is 1. The lowest BCUT2D eigenvalue weighted by Gasteiger charge is -2.19. The number of hydrogen-bond donors (Lipinski definition) is 0. The van der Waals surface area contributed by atoms with Crippen LogP contribution in [-0.2, 0) is 12.6 Å². The van der Waals surface area contributed by atoms with E-state index < -0.39 is 11.7 Å². The van der Waals surface area contributed by atoms with Crippen molar-refractivity contribution in [2.24, 2.45) is 0 Å². The van der Waals surface area contributed by atoms with Gasteiger partial charge in [-0.2, -0.15) is 13.2 Å². The van der Waals surface area contributed by atoms with E-state index in [-0.39, 0.29) is 5.78 Å². The van der Waals surface area contributed by atoms with Crippen LogP contribution in [0.5, 0.6) is 0 Å². The van der Waals surface area contributed by atoms with Crippen LogP contribution in [0.4, 0.5) is 13.2 Å². The minimum absolute atomic E-state index is 0.00122. The number of unbranched alkanes of at least 4 members (excludes halogenated alkanes) is 1. The number of hydrogen-bond acceptors (Lipinski definition) is 3. The number of fused-ring (bicyclic) bond motifs is 1. The molecule has 0 spiro atoms. The lowest BCUT2D eigenvalue weighted by Crippen LogP contribution is -2.10. The van der Waals surface area contributed by atoms with Gasteiger partial charge in [-0.3, -0.25) is 4.79 Å². The highest BCUT2D eigenvalue weighted by atomic mass is 19.4. The molecule has 0 N–H and O–H groups in total. The third-order valence-corrected chi connectivity index (χ3v) is 6.23. The number of carbonyl (C=O) groups excluding carboxylic acids is 1. The maximum Gasteiger partial charge on any atom is 0.417 e. The standard InChI is InChI=1S/C27H27F3N2O/c1-18-23(17-21-11-7-15-31-26(21)32-18)25(33)12-6-5-8-19-13-14-22(20-9-3-2-4-10-20)24(16-19)27(28,29)30/h7,9,11,13-17H,2-6,8,10,12H2,1H3. The summed E-state index contributed by atoms with van der Waals surface area (Å²) in [6.45, 7) is 1.79. The van der Waals surface area contributed by atoms with Gasteiger partial charge in [0.25, 0.3) is 0 Å². The Labute approximate surface area is 191 Å². The lowest BCUT2D eigenvalue weighted by molar-refractivity contribution is -0.137. The highest BCUT2D eigenvalue weighted by molar-refractivity contribution is 5.99. The zero-order valence-corrected chi connectivity index (χ0v) is 18.7. The molecule has 0 saturated carbocycles. The van der Waals surface area contributed by atoms with Crippen molar-refractivity contribution in [3.05, 3.63) is 76.6 Å². The number of pyridine rings is 2. The van der Waals surface area contributed by atoms with E-state index in [0.717, 1.165) is 30.2 Å². The molecule has 0 fully saturated rings. The highest BCUT2D eigenvalue weighted by Crippen LogP contribution is 2.38. The first kappa shape index (κ1) is 23.1. The minimum atomic E-state index is -4.38. The fourth-order valence-corrected chi connectivity index (χ4v) is 4.47. The van der Waals surface area contributed by atoms with Crippen molar-refractivity contribution in [2.45, 2.75) is 64.5 Å². The molecule has 1 aromatic carbocycles. The summed E-state index contributed by atoms with van der Waals surface area (Å²) in [4.78, 5) is 21.3. The fraction of sp³-hybridized carbons (Fsp3) is 0.370. The quantitative estimate of drug-likeness (QED) is 0.275. The van der Waals surface area contributed by atoms with E-state index in [1.165, 1.54) is 6.07 Å². The Kier molecular flexibility index (Phi) is 6.91. The molecule has 0 amide bonds. The van der Waals surface area contributed by atoms with Crippen LogP contribution in [0.1, 0.15) is 77.7 Å². The summed E-state index contributed by atoms with van der Waals surface area (Å²) < 4.78 is 41.2. The van der Waals surface area contributed by atoms with E-state index in [9.17, 15) is 18.0 Å². The summed E-state index contributed by atoms with van der Waals surface area (Å²) in [7, 11) is 0. The molecule has 1 aliphatic rings. The van der Waals surface area contributed by atoms with Crippen LogP contribution in [0.15, 0.2) is 48.7 Å². The van der Waals surface area contributed by atoms with Crippen molar-refractivity contribution >= 4 is 22.4 Å². The van der Waals surface area contributed by atoms with Gasteiger partial charge in [-0.05, 0) is 92.8 Å². The van der Waals surface area contributed by atoms with Gasteiger partial charge < -0.3 is 0 Å². The highest BCUT2D eigenvalue weighted by Gasteiger charge is 2.34. The molecule has 6 heteroatoms. The van der Waals surface area contributed by atoms with Crippen LogP contribution in [-0.4, -0.2) is 15.8 Å². The molecule has 33 heavy (non-hydrogen) atoms. The second-order valence-electron chi connectivity index (χ2n) is 8.65. The maximum atomic E-state index is 13.7. The fourth-order valence-electron chi connectivity index (χ4n) is 4.47. The van der Waals surface area contributed by atoms with Gasteiger partial charge in [0, 0.05) is 23.6 Å². The Bertz CT molecular complexity index is 1200. The number of rotatable bonds is 7. The van der Waals surface area contributed by atoms with Crippen LogP contribution in [0.25, 0.3) is 16.6 Å². The summed E-state index contributed by atoms with van der Waals surface area (Å²) in [5.74, 6) is 0.00122. The van der Waals surface area contributed by atoms with Crippen molar-refractivity contribution in [1.82, 2.24) is 9.97 Å². The molecule has 3 nitrogen and oxygen atoms in total. The molecule has 4 rings (SSSR count). The Hall–Kier alpha value is -3.02. The molecule has 0 saturated heterocycles. The van der Waals surface area contributed by atoms with Gasteiger partial charge in [0.1, 0.15) is 0 Å². The SMILES string of the molecule is Cc1nc2ncccc2cc1C(=O)CCCCc1ccc(C2=CCCCC2)c(C(F)(F)F)c1. The largest absolute Gasteiger partial charge is 0.417 e. The zero-order valence-electron chi connectivity index (χ0n) is 18.7. The first-order valence-corrected chi connectivity index (χ1v) is 11.5. The first-order chi connectivity index (χ1) is 15.8. The van der Waals surface area contributed by atoms with Gasteiger partial charge in [0.2, 0.25) is 0 Å². The average molecular weight is 453 g/mol. The topological polar surface area (TPSA) is 42.9 Å². The molecule has 0 aliphatic heterocycles. The van der Waals surface area contributed by atoms with Crippen molar-refractivity contribution in [2.75, 3.05) is 0 Å². The number of benzene rings is 1. The van der Waals surface area contributed by atoms with E-state index in [1.807, 2.05) is 18.2 Å². The van der Waals surface area contributed by atoms with Crippen molar-refractivity contribution < 1.29 is 18.0 Å². The van der Waals surface area contributed by atoms with Gasteiger partial charge in [-0.1, -0.05) is 18.2 Å². The molecule has 2 aromatic heterocycles.